The molecule has 1 aromatic rings. The topological polar surface area (TPSA) is 16.1 Å². The molecule has 2 aliphatic rings. The number of aromatic nitrogens is 1. The van der Waals surface area contributed by atoms with Crippen molar-refractivity contribution in [2.24, 2.45) is 5.41 Å². The lowest BCUT2D eigenvalue weighted by atomic mass is 10.1. The summed E-state index contributed by atoms with van der Waals surface area (Å²) >= 11 is 0. The van der Waals surface area contributed by atoms with Crippen LogP contribution in [-0.4, -0.2) is 18.1 Å². The third-order valence-electron chi connectivity index (χ3n) is 3.68. The molecule has 0 N–H and O–H groups in total. The molecule has 1 aromatic heterocycles. The van der Waals surface area contributed by atoms with Crippen molar-refractivity contribution >= 4 is 5.82 Å². The summed E-state index contributed by atoms with van der Waals surface area (Å²) in [6.45, 7) is 4.60. The van der Waals surface area contributed by atoms with Crippen molar-refractivity contribution in [3.05, 3.63) is 23.9 Å². The normalized spacial score (nSPS) is 23.1. The molecule has 0 amide bonds. The van der Waals surface area contributed by atoms with Crippen molar-refractivity contribution in [1.29, 1.82) is 0 Å². The van der Waals surface area contributed by atoms with Crippen LogP contribution in [-0.2, 0) is 0 Å². The van der Waals surface area contributed by atoms with Crippen LogP contribution in [0.5, 0.6) is 0 Å². The third-order valence-corrected chi connectivity index (χ3v) is 3.68. The lowest BCUT2D eigenvalue weighted by molar-refractivity contribution is 0.580. The van der Waals surface area contributed by atoms with Gasteiger partial charge in [-0.2, -0.15) is 0 Å². The second-order valence-corrected chi connectivity index (χ2v) is 4.82. The van der Waals surface area contributed by atoms with Gasteiger partial charge in [-0.05, 0) is 43.2 Å². The summed E-state index contributed by atoms with van der Waals surface area (Å²) in [5.74, 6) is 1.20. The maximum absolute atomic E-state index is 4.48. The lowest BCUT2D eigenvalue weighted by Crippen LogP contribution is -2.21. The highest BCUT2D eigenvalue weighted by molar-refractivity contribution is 5.47. The van der Waals surface area contributed by atoms with Gasteiger partial charge in [0.25, 0.3) is 0 Å². The van der Waals surface area contributed by atoms with Gasteiger partial charge in [-0.25, -0.2) is 4.98 Å². The smallest absolute Gasteiger partial charge is 0.131 e. The van der Waals surface area contributed by atoms with Gasteiger partial charge in [-0.3, -0.25) is 0 Å². The van der Waals surface area contributed by atoms with Crippen LogP contribution in [0.3, 0.4) is 0 Å². The fourth-order valence-corrected chi connectivity index (χ4v) is 2.51. The number of pyridine rings is 1. The SMILES string of the molecule is Cc1cccnc1N1CCC2(CC2)C1. The Morgan fingerprint density at radius 2 is 2.21 bits per heavy atom. The Bertz CT molecular complexity index is 355. The molecule has 2 fully saturated rings. The minimum Gasteiger partial charge on any atom is -0.356 e. The molecule has 0 bridgehead atoms. The molecular weight excluding hydrogens is 172 g/mol. The lowest BCUT2D eigenvalue weighted by Gasteiger charge is -2.19. The summed E-state index contributed by atoms with van der Waals surface area (Å²) in [4.78, 5) is 6.94. The van der Waals surface area contributed by atoms with Crippen molar-refractivity contribution in [1.82, 2.24) is 4.98 Å². The first-order chi connectivity index (χ1) is 6.79. The van der Waals surface area contributed by atoms with E-state index in [-0.39, 0.29) is 0 Å². The number of anilines is 1. The van der Waals surface area contributed by atoms with Gasteiger partial charge in [0.05, 0.1) is 0 Å². The van der Waals surface area contributed by atoms with Gasteiger partial charge in [0.15, 0.2) is 0 Å². The van der Waals surface area contributed by atoms with E-state index in [1.54, 1.807) is 0 Å². The van der Waals surface area contributed by atoms with Crippen LogP contribution in [0.25, 0.3) is 0 Å². The van der Waals surface area contributed by atoms with Gasteiger partial charge in [0.2, 0.25) is 0 Å². The molecule has 1 saturated heterocycles. The molecule has 0 radical (unpaired) electrons. The Kier molecular flexibility index (Phi) is 1.61. The molecule has 1 saturated carbocycles. The molecule has 2 heteroatoms. The largest absolute Gasteiger partial charge is 0.356 e. The average molecular weight is 188 g/mol. The van der Waals surface area contributed by atoms with Crippen molar-refractivity contribution in [3.8, 4) is 0 Å². The Hall–Kier alpha value is -1.05. The van der Waals surface area contributed by atoms with E-state index in [0.29, 0.717) is 5.41 Å². The van der Waals surface area contributed by atoms with Crippen LogP contribution in [0.1, 0.15) is 24.8 Å². The molecule has 2 nitrogen and oxygen atoms in total. The average Bonchev–Trinajstić information content (AvgIpc) is 2.79. The highest BCUT2D eigenvalue weighted by Gasteiger charge is 2.48. The van der Waals surface area contributed by atoms with Crippen molar-refractivity contribution < 1.29 is 0 Å². The minimum absolute atomic E-state index is 0.698. The third kappa shape index (κ3) is 1.21. The maximum atomic E-state index is 4.48. The van der Waals surface area contributed by atoms with E-state index < -0.39 is 0 Å². The highest BCUT2D eigenvalue weighted by atomic mass is 15.2. The minimum atomic E-state index is 0.698. The fraction of sp³-hybridized carbons (Fsp3) is 0.583. The number of hydrogen-bond donors (Lipinski definition) is 0. The number of rotatable bonds is 1. The first-order valence-electron chi connectivity index (χ1n) is 5.46. The Morgan fingerprint density at radius 1 is 1.36 bits per heavy atom. The molecule has 3 rings (SSSR count). The van der Waals surface area contributed by atoms with Crippen LogP contribution >= 0.6 is 0 Å². The van der Waals surface area contributed by atoms with Gasteiger partial charge in [0.1, 0.15) is 5.82 Å². The van der Waals surface area contributed by atoms with E-state index in [1.807, 2.05) is 12.3 Å². The molecule has 0 aromatic carbocycles. The standard InChI is InChI=1S/C12H16N2/c1-10-3-2-7-13-11(10)14-8-6-12(9-14)4-5-12/h2-3,7H,4-6,8-9H2,1H3. The van der Waals surface area contributed by atoms with Crippen LogP contribution in [0.15, 0.2) is 18.3 Å². The molecule has 0 atom stereocenters. The van der Waals surface area contributed by atoms with Crippen molar-refractivity contribution in [3.63, 3.8) is 0 Å². The molecule has 14 heavy (non-hydrogen) atoms. The monoisotopic (exact) mass is 188 g/mol. The zero-order valence-corrected chi connectivity index (χ0v) is 8.66. The number of hydrogen-bond acceptors (Lipinski definition) is 2. The van der Waals surface area contributed by atoms with E-state index in [9.17, 15) is 0 Å². The second-order valence-electron chi connectivity index (χ2n) is 4.82. The summed E-state index contributed by atoms with van der Waals surface area (Å²) < 4.78 is 0. The van der Waals surface area contributed by atoms with Gasteiger partial charge < -0.3 is 4.90 Å². The predicted octanol–water partition coefficient (Wildman–Crippen LogP) is 2.38. The van der Waals surface area contributed by atoms with E-state index in [1.165, 1.54) is 43.7 Å². The quantitative estimate of drug-likeness (QED) is 0.672. The summed E-state index contributed by atoms with van der Waals surface area (Å²) in [5, 5.41) is 0. The molecular formula is C12H16N2. The van der Waals surface area contributed by atoms with Crippen LogP contribution in [0.4, 0.5) is 5.82 Å². The Balaban J connectivity index is 1.86. The molecule has 74 valence electrons. The summed E-state index contributed by atoms with van der Waals surface area (Å²) in [7, 11) is 0. The van der Waals surface area contributed by atoms with Gasteiger partial charge in [-0.15, -0.1) is 0 Å². The van der Waals surface area contributed by atoms with Gasteiger partial charge in [0, 0.05) is 19.3 Å². The first kappa shape index (κ1) is 8.27. The van der Waals surface area contributed by atoms with E-state index >= 15 is 0 Å². The Labute approximate surface area is 85.0 Å². The molecule has 1 aliphatic heterocycles. The molecule has 2 heterocycles. The summed E-state index contributed by atoms with van der Waals surface area (Å²) in [5.41, 5.74) is 2.01. The zero-order chi connectivity index (χ0) is 9.60. The Morgan fingerprint density at radius 3 is 2.86 bits per heavy atom. The van der Waals surface area contributed by atoms with Crippen LogP contribution in [0.2, 0.25) is 0 Å². The number of aryl methyl sites for hydroxylation is 1. The van der Waals surface area contributed by atoms with E-state index in [0.717, 1.165) is 0 Å². The second kappa shape index (κ2) is 2.72. The summed E-state index contributed by atoms with van der Waals surface area (Å²) in [6, 6.07) is 4.17. The summed E-state index contributed by atoms with van der Waals surface area (Å²) in [6.07, 6.45) is 6.16. The molecule has 1 aliphatic carbocycles. The maximum Gasteiger partial charge on any atom is 0.131 e. The van der Waals surface area contributed by atoms with Gasteiger partial charge >= 0.3 is 0 Å². The van der Waals surface area contributed by atoms with Crippen molar-refractivity contribution in [2.75, 3.05) is 18.0 Å². The first-order valence-corrected chi connectivity index (χ1v) is 5.46. The molecule has 0 unspecified atom stereocenters. The van der Waals surface area contributed by atoms with Crippen molar-refractivity contribution in [2.45, 2.75) is 26.2 Å². The predicted molar refractivity (Wildman–Crippen MR) is 57.5 cm³/mol. The van der Waals surface area contributed by atoms with E-state index in [4.69, 9.17) is 0 Å². The van der Waals surface area contributed by atoms with Crippen LogP contribution in [0, 0.1) is 12.3 Å². The number of nitrogens with zero attached hydrogens (tertiary/aromatic N) is 2. The zero-order valence-electron chi connectivity index (χ0n) is 8.66. The molecule has 1 spiro atoms. The van der Waals surface area contributed by atoms with Gasteiger partial charge in [-0.1, -0.05) is 6.07 Å². The highest BCUT2D eigenvalue weighted by Crippen LogP contribution is 2.53. The van der Waals surface area contributed by atoms with Crippen LogP contribution < -0.4 is 4.90 Å². The van der Waals surface area contributed by atoms with E-state index in [2.05, 4.69) is 22.9 Å². The fourth-order valence-electron chi connectivity index (χ4n) is 2.51.